The molecule has 0 aliphatic rings. The van der Waals surface area contributed by atoms with Gasteiger partial charge in [-0.2, -0.15) is 0 Å². The summed E-state index contributed by atoms with van der Waals surface area (Å²) < 4.78 is 0. The Morgan fingerprint density at radius 3 is 2.33 bits per heavy atom. The van der Waals surface area contributed by atoms with Crippen LogP contribution in [0.25, 0.3) is 0 Å². The molecule has 0 aliphatic heterocycles. The number of hydrogen-bond donors (Lipinski definition) is 4. The van der Waals surface area contributed by atoms with Gasteiger partial charge in [-0.15, -0.1) is 0 Å². The number of aliphatic hydroxyl groups is 1. The van der Waals surface area contributed by atoms with E-state index in [9.17, 15) is 9.59 Å². The molecule has 1 atom stereocenters. The van der Waals surface area contributed by atoms with Crippen molar-refractivity contribution in [3.63, 3.8) is 0 Å². The number of hydrogen-bond acceptors (Lipinski definition) is 4. The van der Waals surface area contributed by atoms with E-state index in [1.165, 1.54) is 0 Å². The third-order valence-electron chi connectivity index (χ3n) is 2.47. The lowest BCUT2D eigenvalue weighted by Crippen LogP contribution is -2.41. The van der Waals surface area contributed by atoms with Gasteiger partial charge in [0.25, 0.3) is 5.91 Å². The van der Waals surface area contributed by atoms with Crippen LogP contribution in [0.4, 0.5) is 0 Å². The van der Waals surface area contributed by atoms with Crippen molar-refractivity contribution >= 4 is 11.9 Å². The minimum atomic E-state index is -1.17. The first kappa shape index (κ1) is 14.1. The van der Waals surface area contributed by atoms with Crippen molar-refractivity contribution in [3.05, 3.63) is 35.4 Å². The molecule has 0 radical (unpaired) electrons. The van der Waals surface area contributed by atoms with Gasteiger partial charge >= 0.3 is 5.97 Å². The summed E-state index contributed by atoms with van der Waals surface area (Å²) in [5.41, 5.74) is 6.67. The number of aliphatic carboxylic acids is 1. The van der Waals surface area contributed by atoms with Crippen LogP contribution in [0.1, 0.15) is 22.3 Å². The second-order valence-corrected chi connectivity index (χ2v) is 3.78. The maximum absolute atomic E-state index is 11.7. The van der Waals surface area contributed by atoms with Crippen molar-refractivity contribution in [3.8, 4) is 0 Å². The SMILES string of the molecule is NCc1ccc(C(=O)NC(CCO)C(=O)O)cc1. The molecule has 0 aromatic heterocycles. The third kappa shape index (κ3) is 3.83. The van der Waals surface area contributed by atoms with E-state index in [2.05, 4.69) is 5.32 Å². The van der Waals surface area contributed by atoms with Crippen LogP contribution in [0.15, 0.2) is 24.3 Å². The largest absolute Gasteiger partial charge is 0.480 e. The number of carboxylic acids is 1. The first-order valence-corrected chi connectivity index (χ1v) is 5.52. The molecule has 0 spiro atoms. The number of aliphatic hydroxyl groups excluding tert-OH is 1. The summed E-state index contributed by atoms with van der Waals surface area (Å²) >= 11 is 0. The third-order valence-corrected chi connectivity index (χ3v) is 2.47. The Morgan fingerprint density at radius 2 is 1.89 bits per heavy atom. The molecule has 18 heavy (non-hydrogen) atoms. The van der Waals surface area contributed by atoms with Gasteiger partial charge in [0.1, 0.15) is 6.04 Å². The average molecular weight is 252 g/mol. The smallest absolute Gasteiger partial charge is 0.326 e. The standard InChI is InChI=1S/C12H16N2O4/c13-7-8-1-3-9(4-2-8)11(16)14-10(5-6-15)12(17)18/h1-4,10,15H,5-7,13H2,(H,14,16)(H,17,18). The first-order valence-electron chi connectivity index (χ1n) is 5.52. The summed E-state index contributed by atoms with van der Waals surface area (Å²) in [5, 5.41) is 19.9. The molecule has 6 nitrogen and oxygen atoms in total. The zero-order chi connectivity index (χ0) is 13.5. The van der Waals surface area contributed by atoms with Gasteiger partial charge in [-0.3, -0.25) is 4.79 Å². The van der Waals surface area contributed by atoms with Crippen molar-refractivity contribution < 1.29 is 19.8 Å². The summed E-state index contributed by atoms with van der Waals surface area (Å²) in [6.45, 7) is 0.0769. The highest BCUT2D eigenvalue weighted by atomic mass is 16.4. The molecule has 98 valence electrons. The molecule has 6 heteroatoms. The van der Waals surface area contributed by atoms with Crippen LogP contribution in [-0.4, -0.2) is 34.7 Å². The normalized spacial score (nSPS) is 11.9. The van der Waals surface area contributed by atoms with Crippen LogP contribution < -0.4 is 11.1 Å². The van der Waals surface area contributed by atoms with Gasteiger partial charge in [0, 0.05) is 25.1 Å². The molecule has 1 amide bonds. The number of benzene rings is 1. The fourth-order valence-corrected chi connectivity index (χ4v) is 1.42. The number of nitrogens with one attached hydrogen (secondary N) is 1. The number of nitrogens with two attached hydrogens (primary N) is 1. The molecule has 5 N–H and O–H groups in total. The second-order valence-electron chi connectivity index (χ2n) is 3.78. The molecule has 0 saturated carbocycles. The van der Waals surface area contributed by atoms with Gasteiger partial charge in [0.2, 0.25) is 0 Å². The van der Waals surface area contributed by atoms with Gasteiger partial charge < -0.3 is 21.3 Å². The number of carbonyl (C=O) groups is 2. The molecular formula is C12H16N2O4. The Bertz CT molecular complexity index is 417. The summed E-state index contributed by atoms with van der Waals surface area (Å²) in [6.07, 6.45) is -0.0258. The number of carbonyl (C=O) groups excluding carboxylic acids is 1. The van der Waals surface area contributed by atoms with Gasteiger partial charge in [-0.05, 0) is 17.7 Å². The summed E-state index contributed by atoms with van der Waals surface area (Å²) in [7, 11) is 0. The summed E-state index contributed by atoms with van der Waals surface area (Å²) in [5.74, 6) is -1.66. The zero-order valence-electron chi connectivity index (χ0n) is 9.80. The van der Waals surface area contributed by atoms with E-state index in [4.69, 9.17) is 15.9 Å². The molecule has 0 aliphatic carbocycles. The maximum atomic E-state index is 11.7. The van der Waals surface area contributed by atoms with Crippen molar-refractivity contribution in [2.75, 3.05) is 6.61 Å². The summed E-state index contributed by atoms with van der Waals surface area (Å²) in [6, 6.07) is 5.48. The average Bonchev–Trinajstić information content (AvgIpc) is 2.38. The molecule has 1 aromatic carbocycles. The van der Waals surface area contributed by atoms with E-state index in [1.807, 2.05) is 0 Å². The molecule has 1 rings (SSSR count). The Kier molecular flexibility index (Phi) is 5.29. The van der Waals surface area contributed by atoms with Gasteiger partial charge in [0.15, 0.2) is 0 Å². The van der Waals surface area contributed by atoms with Crippen LogP contribution >= 0.6 is 0 Å². The molecule has 0 bridgehead atoms. The van der Waals surface area contributed by atoms with E-state index >= 15 is 0 Å². The lowest BCUT2D eigenvalue weighted by atomic mass is 10.1. The van der Waals surface area contributed by atoms with Crippen molar-refractivity contribution in [2.45, 2.75) is 19.0 Å². The van der Waals surface area contributed by atoms with Crippen molar-refractivity contribution in [2.24, 2.45) is 5.73 Å². The van der Waals surface area contributed by atoms with Crippen LogP contribution in [0.5, 0.6) is 0 Å². The van der Waals surface area contributed by atoms with E-state index in [0.717, 1.165) is 5.56 Å². The minimum Gasteiger partial charge on any atom is -0.480 e. The Morgan fingerprint density at radius 1 is 1.28 bits per heavy atom. The molecule has 0 heterocycles. The zero-order valence-corrected chi connectivity index (χ0v) is 9.80. The molecule has 1 unspecified atom stereocenters. The number of amides is 1. The van der Waals surface area contributed by atoms with E-state index in [-0.39, 0.29) is 13.0 Å². The highest BCUT2D eigenvalue weighted by molar-refractivity contribution is 5.96. The maximum Gasteiger partial charge on any atom is 0.326 e. The minimum absolute atomic E-state index is 0.0258. The molecule has 1 aromatic rings. The predicted octanol–water partition coefficient (Wildman–Crippen LogP) is -0.289. The van der Waals surface area contributed by atoms with Gasteiger partial charge in [-0.1, -0.05) is 12.1 Å². The highest BCUT2D eigenvalue weighted by Gasteiger charge is 2.19. The van der Waals surface area contributed by atoms with E-state index < -0.39 is 17.9 Å². The highest BCUT2D eigenvalue weighted by Crippen LogP contribution is 2.04. The Labute approximate surface area is 104 Å². The van der Waals surface area contributed by atoms with Crippen LogP contribution in [0.2, 0.25) is 0 Å². The lowest BCUT2D eigenvalue weighted by molar-refractivity contribution is -0.139. The van der Waals surface area contributed by atoms with Gasteiger partial charge in [-0.25, -0.2) is 4.79 Å². The quantitative estimate of drug-likeness (QED) is 0.555. The van der Waals surface area contributed by atoms with Crippen LogP contribution in [0.3, 0.4) is 0 Å². The van der Waals surface area contributed by atoms with Crippen molar-refractivity contribution in [1.82, 2.24) is 5.32 Å². The topological polar surface area (TPSA) is 113 Å². The number of carboxylic acid groups (broad SMARTS) is 1. The van der Waals surface area contributed by atoms with Crippen LogP contribution in [-0.2, 0) is 11.3 Å². The monoisotopic (exact) mass is 252 g/mol. The Hall–Kier alpha value is -1.92. The molecule has 0 saturated heterocycles. The molecule has 0 fully saturated rings. The summed E-state index contributed by atoms with van der Waals surface area (Å²) in [4.78, 5) is 22.6. The predicted molar refractivity (Wildman–Crippen MR) is 64.9 cm³/mol. The fourth-order valence-electron chi connectivity index (χ4n) is 1.42. The van der Waals surface area contributed by atoms with E-state index in [0.29, 0.717) is 12.1 Å². The fraction of sp³-hybridized carbons (Fsp3) is 0.333. The van der Waals surface area contributed by atoms with Gasteiger partial charge in [0.05, 0.1) is 0 Å². The second kappa shape index (κ2) is 6.73. The van der Waals surface area contributed by atoms with Crippen LogP contribution in [0, 0.1) is 0 Å². The lowest BCUT2D eigenvalue weighted by Gasteiger charge is -2.13. The Balaban J connectivity index is 2.70. The first-order chi connectivity index (χ1) is 8.58. The number of rotatable bonds is 6. The van der Waals surface area contributed by atoms with E-state index in [1.54, 1.807) is 24.3 Å². The molecular weight excluding hydrogens is 236 g/mol. The van der Waals surface area contributed by atoms with Crippen molar-refractivity contribution in [1.29, 1.82) is 0 Å².